The van der Waals surface area contributed by atoms with Crippen LogP contribution < -0.4 is 5.76 Å². The fraction of sp³-hybridized carbons (Fsp3) is 0.600. The van der Waals surface area contributed by atoms with Gasteiger partial charge >= 0.3 is 5.76 Å². The number of oxazole rings is 1. The molecule has 1 aromatic heterocycles. The number of piperidine rings is 2. The van der Waals surface area contributed by atoms with Gasteiger partial charge < -0.3 is 9.32 Å². The molecule has 0 N–H and O–H groups in total. The molecule has 0 bridgehead atoms. The number of aromatic nitrogens is 1. The molecular weight excluding hydrogens is 366 g/mol. The van der Waals surface area contributed by atoms with Gasteiger partial charge in [-0.2, -0.15) is 0 Å². The van der Waals surface area contributed by atoms with Crippen molar-refractivity contribution in [2.24, 2.45) is 5.92 Å². The van der Waals surface area contributed by atoms with Crippen LogP contribution in [0.2, 0.25) is 5.02 Å². The van der Waals surface area contributed by atoms with E-state index in [2.05, 4.69) is 11.8 Å². The van der Waals surface area contributed by atoms with E-state index in [4.69, 9.17) is 16.0 Å². The Morgan fingerprint density at radius 1 is 1.22 bits per heavy atom. The van der Waals surface area contributed by atoms with Gasteiger partial charge in [-0.25, -0.2) is 4.79 Å². The monoisotopic (exact) mass is 391 g/mol. The molecule has 1 atom stereocenters. The van der Waals surface area contributed by atoms with E-state index in [0.717, 1.165) is 50.8 Å². The second-order valence-corrected chi connectivity index (χ2v) is 8.38. The van der Waals surface area contributed by atoms with Gasteiger partial charge in [0, 0.05) is 24.7 Å². The number of fused-ring (bicyclic) bond motifs is 1. The first-order chi connectivity index (χ1) is 13.0. The minimum absolute atomic E-state index is 0.000134. The standard InChI is InChI=1S/C20H26ClN3O3/c1-14-6-9-23(10-7-14)19(25)13-22-8-2-3-16(12-22)24-17-11-15(21)4-5-18(17)27-20(24)26/h4-5,11,14,16H,2-3,6-10,12-13H2,1H3/t16-/m1/s1. The van der Waals surface area contributed by atoms with Crippen molar-refractivity contribution < 1.29 is 9.21 Å². The average Bonchev–Trinajstić information content (AvgIpc) is 2.97. The van der Waals surface area contributed by atoms with E-state index in [9.17, 15) is 9.59 Å². The van der Waals surface area contributed by atoms with E-state index >= 15 is 0 Å². The van der Waals surface area contributed by atoms with E-state index < -0.39 is 0 Å². The molecule has 6 nitrogen and oxygen atoms in total. The van der Waals surface area contributed by atoms with Gasteiger partial charge in [0.05, 0.1) is 18.1 Å². The van der Waals surface area contributed by atoms with Gasteiger partial charge in [0.25, 0.3) is 0 Å². The second-order valence-electron chi connectivity index (χ2n) is 7.94. The number of carbonyl (C=O) groups excluding carboxylic acids is 1. The molecule has 2 aliphatic rings. The molecule has 1 aromatic carbocycles. The van der Waals surface area contributed by atoms with Crippen molar-refractivity contribution in [3.63, 3.8) is 0 Å². The highest BCUT2D eigenvalue weighted by Crippen LogP contribution is 2.27. The summed E-state index contributed by atoms with van der Waals surface area (Å²) in [6.45, 7) is 5.96. The van der Waals surface area contributed by atoms with Crippen LogP contribution in [0.5, 0.6) is 0 Å². The van der Waals surface area contributed by atoms with E-state index in [1.807, 2.05) is 4.90 Å². The molecule has 0 aliphatic carbocycles. The number of rotatable bonds is 3. The highest BCUT2D eigenvalue weighted by atomic mass is 35.5. The number of amides is 1. The third-order valence-electron chi connectivity index (χ3n) is 5.92. The van der Waals surface area contributed by atoms with Crippen LogP contribution in [0.25, 0.3) is 11.1 Å². The zero-order valence-corrected chi connectivity index (χ0v) is 16.5. The van der Waals surface area contributed by atoms with Crippen LogP contribution in [0.1, 0.15) is 38.6 Å². The van der Waals surface area contributed by atoms with Gasteiger partial charge in [-0.05, 0) is 56.3 Å². The van der Waals surface area contributed by atoms with Crippen LogP contribution >= 0.6 is 11.6 Å². The summed E-state index contributed by atoms with van der Waals surface area (Å²) >= 11 is 6.11. The molecular formula is C20H26ClN3O3. The number of hydrogen-bond acceptors (Lipinski definition) is 4. The maximum absolute atomic E-state index is 12.7. The third-order valence-corrected chi connectivity index (χ3v) is 6.15. The van der Waals surface area contributed by atoms with Crippen LogP contribution in [-0.4, -0.2) is 53.0 Å². The van der Waals surface area contributed by atoms with Crippen molar-refractivity contribution in [1.29, 1.82) is 0 Å². The van der Waals surface area contributed by atoms with Gasteiger partial charge in [0.15, 0.2) is 5.58 Å². The molecule has 2 fully saturated rings. The summed E-state index contributed by atoms with van der Waals surface area (Å²) in [5, 5.41) is 0.583. The lowest BCUT2D eigenvalue weighted by Crippen LogP contribution is -2.47. The zero-order chi connectivity index (χ0) is 19.0. The highest BCUT2D eigenvalue weighted by Gasteiger charge is 2.28. The first-order valence-electron chi connectivity index (χ1n) is 9.82. The predicted molar refractivity (Wildman–Crippen MR) is 105 cm³/mol. The summed E-state index contributed by atoms with van der Waals surface area (Å²) in [5.41, 5.74) is 1.29. The Morgan fingerprint density at radius 2 is 2.00 bits per heavy atom. The van der Waals surface area contributed by atoms with Crippen LogP contribution in [0.15, 0.2) is 27.4 Å². The van der Waals surface area contributed by atoms with E-state index in [0.29, 0.717) is 29.6 Å². The third kappa shape index (κ3) is 3.92. The molecule has 2 aliphatic heterocycles. The average molecular weight is 392 g/mol. The topological polar surface area (TPSA) is 58.7 Å². The molecule has 0 saturated carbocycles. The maximum Gasteiger partial charge on any atom is 0.420 e. The Labute approximate surface area is 163 Å². The molecule has 1 amide bonds. The number of hydrogen-bond donors (Lipinski definition) is 0. The van der Waals surface area contributed by atoms with Gasteiger partial charge in [0.1, 0.15) is 0 Å². The van der Waals surface area contributed by atoms with Crippen molar-refractivity contribution in [2.45, 2.75) is 38.6 Å². The number of benzene rings is 1. The Hall–Kier alpha value is -1.79. The number of carbonyl (C=O) groups is 1. The Bertz CT molecular complexity index is 882. The van der Waals surface area contributed by atoms with E-state index in [-0.39, 0.29) is 17.7 Å². The van der Waals surface area contributed by atoms with Crippen LogP contribution in [0.3, 0.4) is 0 Å². The first kappa shape index (κ1) is 18.6. The molecule has 0 radical (unpaired) electrons. The Morgan fingerprint density at radius 3 is 2.78 bits per heavy atom. The Balaban J connectivity index is 1.47. The van der Waals surface area contributed by atoms with Crippen molar-refractivity contribution in [3.8, 4) is 0 Å². The quantitative estimate of drug-likeness (QED) is 0.806. The van der Waals surface area contributed by atoms with E-state index in [1.165, 1.54) is 0 Å². The van der Waals surface area contributed by atoms with Crippen LogP contribution in [-0.2, 0) is 4.79 Å². The van der Waals surface area contributed by atoms with Crippen molar-refractivity contribution >= 4 is 28.6 Å². The first-order valence-corrected chi connectivity index (χ1v) is 10.2. The van der Waals surface area contributed by atoms with Crippen molar-refractivity contribution in [1.82, 2.24) is 14.4 Å². The predicted octanol–water partition coefficient (Wildman–Crippen LogP) is 3.14. The lowest BCUT2D eigenvalue weighted by molar-refractivity contribution is -0.134. The smallest absolute Gasteiger partial charge is 0.408 e. The normalized spacial score (nSPS) is 22.4. The largest absolute Gasteiger partial charge is 0.420 e. The fourth-order valence-corrected chi connectivity index (χ4v) is 4.45. The lowest BCUT2D eigenvalue weighted by atomic mass is 9.99. The SMILES string of the molecule is CC1CCN(C(=O)CN2CCC[C@@H](n3c(=O)oc4ccc(Cl)cc43)C2)CC1. The molecule has 2 saturated heterocycles. The van der Waals surface area contributed by atoms with Crippen molar-refractivity contribution in [3.05, 3.63) is 33.8 Å². The van der Waals surface area contributed by atoms with Gasteiger partial charge in [-0.15, -0.1) is 0 Å². The van der Waals surface area contributed by atoms with Crippen LogP contribution in [0.4, 0.5) is 0 Å². The van der Waals surface area contributed by atoms with Gasteiger partial charge in [-0.1, -0.05) is 18.5 Å². The minimum atomic E-state index is -0.351. The maximum atomic E-state index is 12.7. The number of halogens is 1. The molecule has 27 heavy (non-hydrogen) atoms. The molecule has 2 aromatic rings. The van der Waals surface area contributed by atoms with Crippen LogP contribution in [0, 0.1) is 5.92 Å². The Kier molecular flexibility index (Phi) is 5.28. The minimum Gasteiger partial charge on any atom is -0.408 e. The number of nitrogens with zero attached hydrogens (tertiary/aromatic N) is 3. The molecule has 3 heterocycles. The molecule has 7 heteroatoms. The fourth-order valence-electron chi connectivity index (χ4n) is 4.29. The lowest BCUT2D eigenvalue weighted by Gasteiger charge is -2.35. The highest BCUT2D eigenvalue weighted by molar-refractivity contribution is 6.31. The van der Waals surface area contributed by atoms with Gasteiger partial charge in [-0.3, -0.25) is 14.3 Å². The molecule has 0 unspecified atom stereocenters. The number of likely N-dealkylation sites (tertiary alicyclic amines) is 2. The molecule has 4 rings (SSSR count). The molecule has 146 valence electrons. The van der Waals surface area contributed by atoms with Crippen molar-refractivity contribution in [2.75, 3.05) is 32.7 Å². The van der Waals surface area contributed by atoms with E-state index in [1.54, 1.807) is 22.8 Å². The summed E-state index contributed by atoms with van der Waals surface area (Å²) in [5.74, 6) is 0.562. The summed E-state index contributed by atoms with van der Waals surface area (Å²) < 4.78 is 7.09. The zero-order valence-electron chi connectivity index (χ0n) is 15.7. The summed E-state index contributed by atoms with van der Waals surface area (Å²) in [6, 6.07) is 5.24. The van der Waals surface area contributed by atoms with Gasteiger partial charge in [0.2, 0.25) is 5.91 Å². The second kappa shape index (κ2) is 7.68. The summed E-state index contributed by atoms with van der Waals surface area (Å²) in [4.78, 5) is 29.2. The summed E-state index contributed by atoms with van der Waals surface area (Å²) in [7, 11) is 0. The molecule has 0 spiro atoms. The summed E-state index contributed by atoms with van der Waals surface area (Å²) in [6.07, 6.45) is 4.03.